The number of nitrogens with one attached hydrogen (secondary N) is 1. The van der Waals surface area contributed by atoms with Gasteiger partial charge in [0.25, 0.3) is 0 Å². The lowest BCUT2D eigenvalue weighted by Gasteiger charge is -2.23. The average Bonchev–Trinajstić information content (AvgIpc) is 2.60. The summed E-state index contributed by atoms with van der Waals surface area (Å²) in [4.78, 5) is 36.2. The van der Waals surface area contributed by atoms with Crippen molar-refractivity contribution in [2.75, 3.05) is 0 Å². The highest BCUT2D eigenvalue weighted by molar-refractivity contribution is 5.92. The van der Waals surface area contributed by atoms with E-state index in [-0.39, 0.29) is 17.7 Å². The number of aromatic carboxylic acids is 1. The van der Waals surface area contributed by atoms with Crippen molar-refractivity contribution in [3.05, 3.63) is 65.7 Å². The van der Waals surface area contributed by atoms with Crippen LogP contribution in [0.4, 0.5) is 4.79 Å². The van der Waals surface area contributed by atoms with Crippen LogP contribution in [0.3, 0.4) is 0 Å². The maximum absolute atomic E-state index is 12.7. The Hall–Kier alpha value is -3.35. The van der Waals surface area contributed by atoms with Gasteiger partial charge in [0.15, 0.2) is 0 Å². The lowest BCUT2D eigenvalue weighted by molar-refractivity contribution is -0.136. The van der Waals surface area contributed by atoms with Crippen LogP contribution in [-0.2, 0) is 16.0 Å². The number of para-hydroxylation sites is 1. The first kappa shape index (κ1) is 21.0. The molecule has 1 amide bonds. The lowest BCUT2D eigenvalue weighted by Crippen LogP contribution is -2.46. The van der Waals surface area contributed by atoms with Gasteiger partial charge in [-0.3, -0.25) is 0 Å². The van der Waals surface area contributed by atoms with Crippen LogP contribution in [0.1, 0.15) is 36.7 Å². The zero-order valence-electron chi connectivity index (χ0n) is 16.0. The second-order valence-corrected chi connectivity index (χ2v) is 7.11. The molecule has 2 N–H and O–H groups in total. The number of carbonyl (C=O) groups excluding carboxylic acids is 2. The quantitative estimate of drug-likeness (QED) is 0.583. The number of benzene rings is 2. The topological polar surface area (TPSA) is 102 Å². The van der Waals surface area contributed by atoms with Gasteiger partial charge in [0.1, 0.15) is 23.0 Å². The molecule has 0 spiro atoms. The molecular formula is C21H23NO6. The van der Waals surface area contributed by atoms with Crippen LogP contribution in [0, 0.1) is 0 Å². The zero-order chi connectivity index (χ0) is 20.7. The molecule has 2 aromatic rings. The smallest absolute Gasteiger partial charge is 0.408 e. The molecule has 28 heavy (non-hydrogen) atoms. The zero-order valence-corrected chi connectivity index (χ0v) is 16.0. The van der Waals surface area contributed by atoms with Crippen LogP contribution in [0.25, 0.3) is 0 Å². The highest BCUT2D eigenvalue weighted by atomic mass is 16.6. The van der Waals surface area contributed by atoms with Crippen molar-refractivity contribution in [1.29, 1.82) is 0 Å². The number of hydrogen-bond donors (Lipinski definition) is 2. The first-order valence-corrected chi connectivity index (χ1v) is 8.73. The molecule has 0 radical (unpaired) electrons. The number of carboxylic acids is 1. The van der Waals surface area contributed by atoms with Crippen molar-refractivity contribution < 1.29 is 29.0 Å². The Kier molecular flexibility index (Phi) is 6.76. The summed E-state index contributed by atoms with van der Waals surface area (Å²) in [6.45, 7) is 5.13. The maximum Gasteiger partial charge on any atom is 0.408 e. The molecule has 0 aliphatic rings. The van der Waals surface area contributed by atoms with E-state index in [1.54, 1.807) is 26.8 Å². The first-order valence-electron chi connectivity index (χ1n) is 8.73. The summed E-state index contributed by atoms with van der Waals surface area (Å²) in [5, 5.41) is 11.8. The van der Waals surface area contributed by atoms with Gasteiger partial charge in [0.05, 0.1) is 0 Å². The molecule has 0 bridgehead atoms. The second-order valence-electron chi connectivity index (χ2n) is 7.11. The van der Waals surface area contributed by atoms with E-state index in [0.717, 1.165) is 5.56 Å². The molecule has 7 nitrogen and oxygen atoms in total. The standard InChI is InChI=1S/C21H23NO6/c1-21(2,3)28-20(26)22-16(13-14-9-5-4-6-10-14)19(25)27-17-12-8-7-11-15(17)18(23)24/h4-12,16H,13H2,1-3H3,(H,22,26)(H,23,24). The Labute approximate surface area is 163 Å². The number of alkyl carbamates (subject to hydrolysis) is 1. The number of rotatable bonds is 6. The number of hydrogen-bond acceptors (Lipinski definition) is 5. The monoisotopic (exact) mass is 385 g/mol. The van der Waals surface area contributed by atoms with Crippen molar-refractivity contribution >= 4 is 18.0 Å². The van der Waals surface area contributed by atoms with Gasteiger partial charge in [-0.15, -0.1) is 0 Å². The molecule has 7 heteroatoms. The molecular weight excluding hydrogens is 362 g/mol. The average molecular weight is 385 g/mol. The second kappa shape index (κ2) is 9.03. The Morgan fingerprint density at radius 2 is 1.61 bits per heavy atom. The van der Waals surface area contributed by atoms with Gasteiger partial charge in [0, 0.05) is 6.42 Å². The van der Waals surface area contributed by atoms with Crippen LogP contribution in [0.15, 0.2) is 54.6 Å². The summed E-state index contributed by atoms with van der Waals surface area (Å²) in [7, 11) is 0. The van der Waals surface area contributed by atoms with Crippen LogP contribution < -0.4 is 10.1 Å². The number of carbonyl (C=O) groups is 3. The van der Waals surface area contributed by atoms with Gasteiger partial charge in [-0.2, -0.15) is 0 Å². The van der Waals surface area contributed by atoms with Crippen molar-refractivity contribution in [3.8, 4) is 5.75 Å². The minimum absolute atomic E-state index is 0.0935. The summed E-state index contributed by atoms with van der Waals surface area (Å²) in [5.41, 5.74) is -0.0834. The minimum atomic E-state index is -1.22. The summed E-state index contributed by atoms with van der Waals surface area (Å²) in [5.74, 6) is -2.10. The van der Waals surface area contributed by atoms with Crippen molar-refractivity contribution in [2.45, 2.75) is 38.8 Å². The van der Waals surface area contributed by atoms with Gasteiger partial charge < -0.3 is 19.9 Å². The number of amides is 1. The predicted molar refractivity (Wildman–Crippen MR) is 102 cm³/mol. The van der Waals surface area contributed by atoms with Crippen molar-refractivity contribution in [3.63, 3.8) is 0 Å². The molecule has 0 heterocycles. The van der Waals surface area contributed by atoms with Crippen molar-refractivity contribution in [1.82, 2.24) is 5.32 Å². The molecule has 0 aromatic heterocycles. The van der Waals surface area contributed by atoms with Gasteiger partial charge in [0.2, 0.25) is 0 Å². The van der Waals surface area contributed by atoms with Crippen molar-refractivity contribution in [2.24, 2.45) is 0 Å². The van der Waals surface area contributed by atoms with E-state index in [0.29, 0.717) is 0 Å². The highest BCUT2D eigenvalue weighted by Gasteiger charge is 2.27. The molecule has 1 atom stereocenters. The van der Waals surface area contributed by atoms with Gasteiger partial charge in [-0.05, 0) is 38.5 Å². The van der Waals surface area contributed by atoms with E-state index in [9.17, 15) is 19.5 Å². The maximum atomic E-state index is 12.7. The fourth-order valence-corrected chi connectivity index (χ4v) is 2.40. The summed E-state index contributed by atoms with van der Waals surface area (Å²) >= 11 is 0. The first-order chi connectivity index (χ1) is 13.2. The van der Waals surface area contributed by atoms with Crippen LogP contribution in [-0.4, -0.2) is 34.8 Å². The van der Waals surface area contributed by atoms with Crippen LogP contribution in [0.2, 0.25) is 0 Å². The molecule has 0 aliphatic carbocycles. The predicted octanol–water partition coefficient (Wildman–Crippen LogP) is 3.43. The molecule has 148 valence electrons. The summed E-state index contributed by atoms with van der Waals surface area (Å²) < 4.78 is 10.5. The Bertz CT molecular complexity index is 841. The Morgan fingerprint density at radius 3 is 2.21 bits per heavy atom. The highest BCUT2D eigenvalue weighted by Crippen LogP contribution is 2.19. The van der Waals surface area contributed by atoms with E-state index in [4.69, 9.17) is 9.47 Å². The van der Waals surface area contributed by atoms with Gasteiger partial charge >= 0.3 is 18.0 Å². The fourth-order valence-electron chi connectivity index (χ4n) is 2.40. The third-order valence-electron chi connectivity index (χ3n) is 3.59. The molecule has 1 unspecified atom stereocenters. The van der Waals surface area contributed by atoms with Gasteiger partial charge in [-0.1, -0.05) is 42.5 Å². The van der Waals surface area contributed by atoms with Gasteiger partial charge in [-0.25, -0.2) is 14.4 Å². The Balaban J connectivity index is 2.21. The molecule has 0 aliphatic heterocycles. The van der Waals surface area contributed by atoms with Crippen LogP contribution in [0.5, 0.6) is 5.75 Å². The third kappa shape index (κ3) is 6.42. The molecule has 2 rings (SSSR count). The van der Waals surface area contributed by atoms with E-state index >= 15 is 0 Å². The fraction of sp³-hybridized carbons (Fsp3) is 0.286. The molecule has 2 aromatic carbocycles. The number of esters is 1. The van der Waals surface area contributed by atoms with E-state index in [2.05, 4.69) is 5.32 Å². The Morgan fingerprint density at radius 1 is 1.00 bits per heavy atom. The van der Waals surface area contributed by atoms with E-state index in [1.807, 2.05) is 30.3 Å². The molecule has 0 fully saturated rings. The summed E-state index contributed by atoms with van der Waals surface area (Å²) in [6.07, 6.45) is -0.606. The third-order valence-corrected chi connectivity index (χ3v) is 3.59. The largest absolute Gasteiger partial charge is 0.478 e. The summed E-state index contributed by atoms with van der Waals surface area (Å²) in [6, 6.07) is 13.8. The SMILES string of the molecule is CC(C)(C)OC(=O)NC(Cc1ccccc1)C(=O)Oc1ccccc1C(=O)O. The number of ether oxygens (including phenoxy) is 2. The van der Waals surface area contributed by atoms with E-state index in [1.165, 1.54) is 18.2 Å². The normalized spacial score (nSPS) is 12.0. The number of carboxylic acid groups (broad SMARTS) is 1. The molecule has 0 saturated carbocycles. The minimum Gasteiger partial charge on any atom is -0.478 e. The van der Waals surface area contributed by atoms with Crippen LogP contribution >= 0.6 is 0 Å². The van der Waals surface area contributed by atoms with E-state index < -0.39 is 29.7 Å². The lowest BCUT2D eigenvalue weighted by atomic mass is 10.1. The molecule has 0 saturated heterocycles.